The van der Waals surface area contributed by atoms with Gasteiger partial charge in [-0.05, 0) is 60.6 Å². The zero-order valence-electron chi connectivity index (χ0n) is 18.8. The molecule has 0 spiro atoms. The summed E-state index contributed by atoms with van der Waals surface area (Å²) in [5.41, 5.74) is 4.54. The van der Waals surface area contributed by atoms with Gasteiger partial charge in [-0.15, -0.1) is 0 Å². The SMILES string of the molecule is O=C1NC(=O)N(C2CCCCC2)C(=O)C1=Cc1ccc2c(c1)CCCN2Cc1ccccc1. The summed E-state index contributed by atoms with van der Waals surface area (Å²) in [6, 6.07) is 15.8. The van der Waals surface area contributed by atoms with Gasteiger partial charge < -0.3 is 4.90 Å². The quantitative estimate of drug-likeness (QED) is 0.561. The van der Waals surface area contributed by atoms with Crippen LogP contribution in [0, 0.1) is 0 Å². The molecule has 1 N–H and O–H groups in total. The Morgan fingerprint density at radius 3 is 2.52 bits per heavy atom. The summed E-state index contributed by atoms with van der Waals surface area (Å²) in [5.74, 6) is -1.08. The van der Waals surface area contributed by atoms with Crippen LogP contribution in [-0.2, 0) is 22.6 Å². The number of amides is 4. The lowest BCUT2D eigenvalue weighted by atomic mass is 9.93. The molecule has 1 saturated heterocycles. The van der Waals surface area contributed by atoms with Gasteiger partial charge in [0.15, 0.2) is 0 Å². The molecule has 6 nitrogen and oxygen atoms in total. The van der Waals surface area contributed by atoms with Gasteiger partial charge in [0.25, 0.3) is 11.8 Å². The summed E-state index contributed by atoms with van der Waals surface area (Å²) in [4.78, 5) is 41.8. The molecular formula is C27H29N3O3. The molecule has 2 aromatic carbocycles. The highest BCUT2D eigenvalue weighted by Crippen LogP contribution is 2.31. The molecule has 5 rings (SSSR count). The van der Waals surface area contributed by atoms with Crippen molar-refractivity contribution in [2.24, 2.45) is 0 Å². The Balaban J connectivity index is 1.40. The van der Waals surface area contributed by atoms with Crippen molar-refractivity contribution >= 4 is 29.6 Å². The van der Waals surface area contributed by atoms with Gasteiger partial charge in [-0.25, -0.2) is 4.79 Å². The highest BCUT2D eigenvalue weighted by molar-refractivity contribution is 6.31. The molecule has 4 amide bonds. The average Bonchev–Trinajstić information content (AvgIpc) is 2.83. The Hall–Kier alpha value is -3.41. The van der Waals surface area contributed by atoms with E-state index in [1.165, 1.54) is 21.7 Å². The van der Waals surface area contributed by atoms with Crippen LogP contribution in [-0.4, -0.2) is 35.3 Å². The van der Waals surface area contributed by atoms with Crippen molar-refractivity contribution in [1.82, 2.24) is 10.2 Å². The van der Waals surface area contributed by atoms with Gasteiger partial charge in [0.05, 0.1) is 0 Å². The van der Waals surface area contributed by atoms with Gasteiger partial charge >= 0.3 is 6.03 Å². The fourth-order valence-corrected chi connectivity index (χ4v) is 5.26. The zero-order chi connectivity index (χ0) is 22.8. The Kier molecular flexibility index (Phi) is 5.99. The molecule has 1 aliphatic carbocycles. The monoisotopic (exact) mass is 443 g/mol. The largest absolute Gasteiger partial charge is 0.367 e. The fourth-order valence-electron chi connectivity index (χ4n) is 5.26. The highest BCUT2D eigenvalue weighted by atomic mass is 16.2. The molecule has 1 saturated carbocycles. The molecule has 0 bridgehead atoms. The first-order chi connectivity index (χ1) is 16.1. The number of imide groups is 2. The van der Waals surface area contributed by atoms with Crippen molar-refractivity contribution in [3.8, 4) is 0 Å². The van der Waals surface area contributed by atoms with Gasteiger partial charge in [-0.2, -0.15) is 0 Å². The first-order valence-corrected chi connectivity index (χ1v) is 11.9. The van der Waals surface area contributed by atoms with Gasteiger partial charge in [-0.3, -0.25) is 19.8 Å². The summed E-state index contributed by atoms with van der Waals surface area (Å²) in [7, 11) is 0. The summed E-state index contributed by atoms with van der Waals surface area (Å²) in [6.07, 6.45) is 8.38. The summed E-state index contributed by atoms with van der Waals surface area (Å²) < 4.78 is 0. The molecule has 170 valence electrons. The third-order valence-electron chi connectivity index (χ3n) is 6.92. The van der Waals surface area contributed by atoms with E-state index in [1.807, 2.05) is 12.1 Å². The topological polar surface area (TPSA) is 69.7 Å². The lowest BCUT2D eigenvalue weighted by molar-refractivity contribution is -0.132. The number of nitrogens with one attached hydrogen (secondary N) is 1. The first kappa shape index (κ1) is 21.4. The van der Waals surface area contributed by atoms with Crippen molar-refractivity contribution in [2.75, 3.05) is 11.4 Å². The number of fused-ring (bicyclic) bond motifs is 1. The summed E-state index contributed by atoms with van der Waals surface area (Å²) >= 11 is 0. The lowest BCUT2D eigenvalue weighted by Gasteiger charge is -2.35. The van der Waals surface area contributed by atoms with E-state index < -0.39 is 17.8 Å². The zero-order valence-corrected chi connectivity index (χ0v) is 18.8. The standard InChI is InChI=1S/C27H29N3O3/c31-25-23(26(32)30(27(33)28-25)22-11-5-2-6-12-22)17-20-13-14-24-21(16-20)10-7-15-29(24)18-19-8-3-1-4-9-19/h1,3-4,8-9,13-14,16-17,22H,2,5-7,10-12,15,18H2,(H,28,31,33). The van der Waals surface area contributed by atoms with Crippen molar-refractivity contribution in [3.05, 3.63) is 70.8 Å². The lowest BCUT2D eigenvalue weighted by Crippen LogP contribution is -2.58. The average molecular weight is 444 g/mol. The van der Waals surface area contributed by atoms with Crippen LogP contribution in [0.25, 0.3) is 6.08 Å². The predicted molar refractivity (Wildman–Crippen MR) is 127 cm³/mol. The highest BCUT2D eigenvalue weighted by Gasteiger charge is 2.40. The van der Waals surface area contributed by atoms with Crippen LogP contribution in [0.1, 0.15) is 55.2 Å². The van der Waals surface area contributed by atoms with Crippen LogP contribution in [0.5, 0.6) is 0 Å². The number of hydrogen-bond donors (Lipinski definition) is 1. The molecule has 0 radical (unpaired) electrons. The second-order valence-corrected chi connectivity index (χ2v) is 9.18. The second-order valence-electron chi connectivity index (χ2n) is 9.18. The second kappa shape index (κ2) is 9.22. The number of carbonyl (C=O) groups is 3. The van der Waals surface area contributed by atoms with Crippen LogP contribution in [0.3, 0.4) is 0 Å². The number of anilines is 1. The molecule has 6 heteroatoms. The van der Waals surface area contributed by atoms with Crippen molar-refractivity contribution in [2.45, 2.75) is 57.5 Å². The predicted octanol–water partition coefficient (Wildman–Crippen LogP) is 4.43. The van der Waals surface area contributed by atoms with E-state index in [9.17, 15) is 14.4 Å². The van der Waals surface area contributed by atoms with Crippen LogP contribution >= 0.6 is 0 Å². The third-order valence-corrected chi connectivity index (χ3v) is 6.92. The molecule has 0 unspecified atom stereocenters. The Morgan fingerprint density at radius 1 is 0.939 bits per heavy atom. The molecule has 33 heavy (non-hydrogen) atoms. The summed E-state index contributed by atoms with van der Waals surface area (Å²) in [6.45, 7) is 1.86. The maximum atomic E-state index is 13.2. The van der Waals surface area contributed by atoms with E-state index in [0.29, 0.717) is 0 Å². The molecule has 2 aromatic rings. The Bertz CT molecular complexity index is 1100. The van der Waals surface area contributed by atoms with Crippen molar-refractivity contribution in [3.63, 3.8) is 0 Å². The first-order valence-electron chi connectivity index (χ1n) is 11.9. The van der Waals surface area contributed by atoms with Gasteiger partial charge in [0.1, 0.15) is 5.57 Å². The van der Waals surface area contributed by atoms with E-state index in [1.54, 1.807) is 6.08 Å². The van der Waals surface area contributed by atoms with Gasteiger partial charge in [0.2, 0.25) is 0 Å². The van der Waals surface area contributed by atoms with E-state index in [4.69, 9.17) is 0 Å². The molecule has 0 atom stereocenters. The van der Waals surface area contributed by atoms with Crippen LogP contribution in [0.4, 0.5) is 10.5 Å². The number of hydrogen-bond acceptors (Lipinski definition) is 4. The third kappa shape index (κ3) is 4.42. The number of carbonyl (C=O) groups excluding carboxylic acids is 3. The van der Waals surface area contributed by atoms with Crippen molar-refractivity contribution in [1.29, 1.82) is 0 Å². The minimum Gasteiger partial charge on any atom is -0.367 e. The molecule has 2 heterocycles. The van der Waals surface area contributed by atoms with E-state index in [2.05, 4.69) is 46.6 Å². The molecule has 3 aliphatic rings. The number of aryl methyl sites for hydroxylation is 1. The van der Waals surface area contributed by atoms with Crippen LogP contribution < -0.4 is 10.2 Å². The van der Waals surface area contributed by atoms with Crippen molar-refractivity contribution < 1.29 is 14.4 Å². The van der Waals surface area contributed by atoms with Gasteiger partial charge in [-0.1, -0.05) is 55.7 Å². The smallest absolute Gasteiger partial charge is 0.331 e. The molecular weight excluding hydrogens is 414 g/mol. The van der Waals surface area contributed by atoms with Crippen LogP contribution in [0.2, 0.25) is 0 Å². The minimum atomic E-state index is -0.611. The molecule has 2 fully saturated rings. The minimum absolute atomic E-state index is 0.0390. The van der Waals surface area contributed by atoms with Crippen LogP contribution in [0.15, 0.2) is 54.1 Å². The number of barbiturate groups is 1. The number of urea groups is 1. The number of nitrogens with zero attached hydrogens (tertiary/aromatic N) is 2. The maximum absolute atomic E-state index is 13.2. The Morgan fingerprint density at radius 2 is 1.73 bits per heavy atom. The van der Waals surface area contributed by atoms with E-state index in [-0.39, 0.29) is 11.6 Å². The molecule has 2 aliphatic heterocycles. The molecule has 0 aromatic heterocycles. The van der Waals surface area contributed by atoms with E-state index >= 15 is 0 Å². The maximum Gasteiger partial charge on any atom is 0.331 e. The number of benzene rings is 2. The van der Waals surface area contributed by atoms with E-state index in [0.717, 1.165) is 63.6 Å². The fraction of sp³-hybridized carbons (Fsp3) is 0.370. The normalized spacial score (nSPS) is 20.7. The number of rotatable bonds is 4. The Labute approximate surface area is 194 Å². The van der Waals surface area contributed by atoms with Gasteiger partial charge in [0, 0.05) is 24.8 Å². The summed E-state index contributed by atoms with van der Waals surface area (Å²) in [5, 5.41) is 2.37.